The highest BCUT2D eigenvalue weighted by Gasteiger charge is 2.22. The predicted octanol–water partition coefficient (Wildman–Crippen LogP) is 0.315. The van der Waals surface area contributed by atoms with E-state index in [1.807, 2.05) is 0 Å². The van der Waals surface area contributed by atoms with Gasteiger partial charge in [-0.1, -0.05) is 0 Å². The van der Waals surface area contributed by atoms with Gasteiger partial charge < -0.3 is 25.3 Å². The molecule has 1 rings (SSSR count). The SMILES string of the molecule is Cc1ccc(CNC(=O)N[C@@H](CC(=O)O)C(=O)O)o1. The first-order valence-corrected chi connectivity index (χ1v) is 5.42. The predicted molar refractivity (Wildman–Crippen MR) is 62.5 cm³/mol. The lowest BCUT2D eigenvalue weighted by Gasteiger charge is -2.12. The van der Waals surface area contributed by atoms with Gasteiger partial charge in [-0.3, -0.25) is 4.79 Å². The number of aliphatic carboxylic acids is 2. The van der Waals surface area contributed by atoms with Crippen molar-refractivity contribution >= 4 is 18.0 Å². The van der Waals surface area contributed by atoms with Gasteiger partial charge in [-0.25, -0.2) is 9.59 Å². The van der Waals surface area contributed by atoms with Crippen LogP contribution >= 0.6 is 0 Å². The Balaban J connectivity index is 2.44. The van der Waals surface area contributed by atoms with Gasteiger partial charge in [0.2, 0.25) is 0 Å². The van der Waals surface area contributed by atoms with Crippen LogP contribution in [0.15, 0.2) is 16.5 Å². The van der Waals surface area contributed by atoms with Crippen LogP contribution in [0.3, 0.4) is 0 Å². The molecule has 19 heavy (non-hydrogen) atoms. The molecule has 0 fully saturated rings. The Bertz CT molecular complexity index is 481. The van der Waals surface area contributed by atoms with E-state index in [1.54, 1.807) is 19.1 Å². The summed E-state index contributed by atoms with van der Waals surface area (Å²) < 4.78 is 5.20. The molecule has 1 aromatic heterocycles. The minimum Gasteiger partial charge on any atom is -0.481 e. The van der Waals surface area contributed by atoms with Crippen LogP contribution in [0.4, 0.5) is 4.79 Å². The Morgan fingerprint density at radius 1 is 1.32 bits per heavy atom. The Hall–Kier alpha value is -2.51. The van der Waals surface area contributed by atoms with E-state index in [9.17, 15) is 14.4 Å². The molecular formula is C11H14N2O6. The minimum atomic E-state index is -1.48. The van der Waals surface area contributed by atoms with Gasteiger partial charge >= 0.3 is 18.0 Å². The first kappa shape index (κ1) is 14.6. The van der Waals surface area contributed by atoms with Gasteiger partial charge in [-0.15, -0.1) is 0 Å². The fourth-order valence-corrected chi connectivity index (χ4v) is 1.33. The van der Waals surface area contributed by atoms with Crippen LogP contribution in [0.1, 0.15) is 17.9 Å². The van der Waals surface area contributed by atoms with Crippen molar-refractivity contribution in [3.05, 3.63) is 23.7 Å². The van der Waals surface area contributed by atoms with Crippen LogP contribution in [0.2, 0.25) is 0 Å². The Kier molecular flexibility index (Phi) is 4.92. The van der Waals surface area contributed by atoms with E-state index in [1.165, 1.54) is 0 Å². The number of hydrogen-bond acceptors (Lipinski definition) is 4. The molecule has 1 aromatic rings. The molecule has 8 nitrogen and oxygen atoms in total. The van der Waals surface area contributed by atoms with E-state index in [2.05, 4.69) is 10.6 Å². The van der Waals surface area contributed by atoms with E-state index in [4.69, 9.17) is 14.6 Å². The second-order valence-electron chi connectivity index (χ2n) is 3.83. The van der Waals surface area contributed by atoms with E-state index in [-0.39, 0.29) is 6.54 Å². The van der Waals surface area contributed by atoms with Crippen molar-refractivity contribution in [3.63, 3.8) is 0 Å². The third kappa shape index (κ3) is 5.11. The van der Waals surface area contributed by atoms with E-state index in [0.717, 1.165) is 0 Å². The van der Waals surface area contributed by atoms with Gasteiger partial charge in [0.05, 0.1) is 13.0 Å². The van der Waals surface area contributed by atoms with Gasteiger partial charge in [0.1, 0.15) is 17.6 Å². The smallest absolute Gasteiger partial charge is 0.326 e. The lowest BCUT2D eigenvalue weighted by Crippen LogP contribution is -2.46. The quantitative estimate of drug-likeness (QED) is 0.589. The fraction of sp³-hybridized carbons (Fsp3) is 0.364. The second kappa shape index (κ2) is 6.43. The molecule has 0 bridgehead atoms. The van der Waals surface area contributed by atoms with Gasteiger partial charge in [0.25, 0.3) is 0 Å². The standard InChI is InChI=1S/C11H14N2O6/c1-6-2-3-7(19-6)5-12-11(18)13-8(10(16)17)4-9(14)15/h2-3,8H,4-5H2,1H3,(H,14,15)(H,16,17)(H2,12,13,18)/t8-/m0/s1. The average Bonchev–Trinajstić information content (AvgIpc) is 2.71. The molecule has 0 aliphatic carbocycles. The maximum atomic E-state index is 11.4. The van der Waals surface area contributed by atoms with Crippen LogP contribution in [0.5, 0.6) is 0 Å². The van der Waals surface area contributed by atoms with Crippen molar-refractivity contribution in [2.75, 3.05) is 0 Å². The van der Waals surface area contributed by atoms with E-state index in [0.29, 0.717) is 11.5 Å². The number of carboxylic acid groups (broad SMARTS) is 2. The number of nitrogens with one attached hydrogen (secondary N) is 2. The number of hydrogen-bond donors (Lipinski definition) is 4. The number of carbonyl (C=O) groups excluding carboxylic acids is 1. The largest absolute Gasteiger partial charge is 0.481 e. The molecule has 8 heteroatoms. The van der Waals surface area contributed by atoms with E-state index < -0.39 is 30.4 Å². The molecule has 0 aromatic carbocycles. The van der Waals surface area contributed by atoms with Crippen molar-refractivity contribution in [1.29, 1.82) is 0 Å². The average molecular weight is 270 g/mol. The van der Waals surface area contributed by atoms with Crippen molar-refractivity contribution in [1.82, 2.24) is 10.6 Å². The lowest BCUT2D eigenvalue weighted by molar-refractivity contribution is -0.145. The molecule has 0 unspecified atom stereocenters. The maximum Gasteiger partial charge on any atom is 0.326 e. The molecule has 0 radical (unpaired) electrons. The topological polar surface area (TPSA) is 129 Å². The van der Waals surface area contributed by atoms with Crippen molar-refractivity contribution in [3.8, 4) is 0 Å². The van der Waals surface area contributed by atoms with Crippen LogP contribution in [-0.2, 0) is 16.1 Å². The van der Waals surface area contributed by atoms with Crippen molar-refractivity contribution in [2.24, 2.45) is 0 Å². The Morgan fingerprint density at radius 2 is 2.00 bits per heavy atom. The van der Waals surface area contributed by atoms with E-state index >= 15 is 0 Å². The number of furan rings is 1. The summed E-state index contributed by atoms with van der Waals surface area (Å²) in [7, 11) is 0. The Labute approximate surface area is 108 Å². The number of carboxylic acids is 2. The first-order valence-electron chi connectivity index (χ1n) is 5.42. The molecule has 0 aliphatic heterocycles. The highest BCUT2D eigenvalue weighted by Crippen LogP contribution is 2.05. The minimum absolute atomic E-state index is 0.0824. The summed E-state index contributed by atoms with van der Waals surface area (Å²) in [6.45, 7) is 1.83. The molecule has 0 aliphatic rings. The second-order valence-corrected chi connectivity index (χ2v) is 3.83. The fourth-order valence-electron chi connectivity index (χ4n) is 1.33. The molecular weight excluding hydrogens is 256 g/mol. The molecule has 0 saturated heterocycles. The molecule has 1 atom stereocenters. The summed E-state index contributed by atoms with van der Waals surface area (Å²) in [4.78, 5) is 32.6. The van der Waals surface area contributed by atoms with Crippen LogP contribution < -0.4 is 10.6 Å². The number of rotatable bonds is 6. The van der Waals surface area contributed by atoms with Gasteiger partial charge in [-0.2, -0.15) is 0 Å². The summed E-state index contributed by atoms with van der Waals surface area (Å²) in [6.07, 6.45) is -0.692. The van der Waals surface area contributed by atoms with Gasteiger partial charge in [0.15, 0.2) is 0 Å². The summed E-state index contributed by atoms with van der Waals surface area (Å²) >= 11 is 0. The molecule has 104 valence electrons. The molecule has 0 spiro atoms. The third-order valence-electron chi connectivity index (χ3n) is 2.20. The summed E-state index contributed by atoms with van der Waals surface area (Å²) in [5, 5.41) is 21.7. The maximum absolute atomic E-state index is 11.4. The highest BCUT2D eigenvalue weighted by atomic mass is 16.4. The zero-order valence-corrected chi connectivity index (χ0v) is 10.2. The van der Waals surface area contributed by atoms with Crippen LogP contribution in [0, 0.1) is 6.92 Å². The van der Waals surface area contributed by atoms with Crippen molar-refractivity contribution in [2.45, 2.75) is 25.9 Å². The monoisotopic (exact) mass is 270 g/mol. The molecule has 4 N–H and O–H groups in total. The normalized spacial score (nSPS) is 11.6. The number of aryl methyl sites for hydroxylation is 1. The van der Waals surface area contributed by atoms with Gasteiger partial charge in [0, 0.05) is 0 Å². The molecule has 1 heterocycles. The number of urea groups is 1. The summed E-state index contributed by atoms with van der Waals surface area (Å²) in [5.41, 5.74) is 0. The highest BCUT2D eigenvalue weighted by molar-refractivity contribution is 5.86. The number of amides is 2. The van der Waals surface area contributed by atoms with Crippen LogP contribution in [-0.4, -0.2) is 34.2 Å². The number of carbonyl (C=O) groups is 3. The molecule has 2 amide bonds. The lowest BCUT2D eigenvalue weighted by atomic mass is 10.2. The zero-order chi connectivity index (χ0) is 14.4. The van der Waals surface area contributed by atoms with Crippen LogP contribution in [0.25, 0.3) is 0 Å². The zero-order valence-electron chi connectivity index (χ0n) is 10.2. The first-order chi connectivity index (χ1) is 8.88. The van der Waals surface area contributed by atoms with Gasteiger partial charge in [-0.05, 0) is 19.1 Å². The summed E-state index contributed by atoms with van der Waals surface area (Å²) in [6, 6.07) is 1.14. The third-order valence-corrected chi connectivity index (χ3v) is 2.20. The van der Waals surface area contributed by atoms with Crippen molar-refractivity contribution < 1.29 is 29.0 Å². The molecule has 0 saturated carbocycles. The Morgan fingerprint density at radius 3 is 2.47 bits per heavy atom. The summed E-state index contributed by atoms with van der Waals surface area (Å²) in [5.74, 6) is -1.52.